The summed E-state index contributed by atoms with van der Waals surface area (Å²) in [4.78, 5) is 40.4. The van der Waals surface area contributed by atoms with Gasteiger partial charge in [0.05, 0.1) is 0 Å². The molecule has 28 heavy (non-hydrogen) atoms. The van der Waals surface area contributed by atoms with Crippen molar-refractivity contribution in [3.63, 3.8) is 0 Å². The monoisotopic (exact) mass is 384 g/mol. The number of rotatable bonds is 7. The molecule has 0 atom stereocenters. The van der Waals surface area contributed by atoms with Gasteiger partial charge in [-0.25, -0.2) is 9.97 Å². The first-order chi connectivity index (χ1) is 13.5. The van der Waals surface area contributed by atoms with Crippen molar-refractivity contribution in [2.24, 2.45) is 0 Å². The lowest BCUT2D eigenvalue weighted by molar-refractivity contribution is 0.0946. The average molecular weight is 384 g/mol. The van der Waals surface area contributed by atoms with E-state index in [2.05, 4.69) is 30.1 Å². The summed E-state index contributed by atoms with van der Waals surface area (Å²) in [6, 6.07) is 1.82. The minimum Gasteiger partial charge on any atom is -0.354 e. The molecule has 1 aliphatic heterocycles. The van der Waals surface area contributed by atoms with Crippen molar-refractivity contribution < 1.29 is 9.59 Å². The van der Waals surface area contributed by atoms with Crippen molar-refractivity contribution in [3.05, 3.63) is 41.0 Å². The molecule has 8 heteroatoms. The fourth-order valence-corrected chi connectivity index (χ4v) is 3.72. The topological polar surface area (TPSA) is 94.2 Å². The molecule has 1 fully saturated rings. The van der Waals surface area contributed by atoms with Gasteiger partial charge in [-0.2, -0.15) is 0 Å². The maximum atomic E-state index is 12.4. The molecule has 0 radical (unpaired) electrons. The number of piperazine rings is 1. The summed E-state index contributed by atoms with van der Waals surface area (Å²) in [5.74, 6) is 0.612. The molecule has 2 aromatic rings. The maximum Gasteiger partial charge on any atom is 0.268 e. The fourth-order valence-electron chi connectivity index (χ4n) is 3.72. The molecule has 3 rings (SSSR count). The van der Waals surface area contributed by atoms with E-state index in [0.717, 1.165) is 56.4 Å². The molecule has 0 aromatic carbocycles. The molecule has 0 bridgehead atoms. The Morgan fingerprint density at radius 1 is 1.14 bits per heavy atom. The second-order valence-corrected chi connectivity index (χ2v) is 7.17. The number of aryl methyl sites for hydroxylation is 1. The Labute approximate surface area is 165 Å². The van der Waals surface area contributed by atoms with Gasteiger partial charge in [-0.05, 0) is 45.4 Å². The van der Waals surface area contributed by atoms with E-state index in [1.54, 1.807) is 12.4 Å². The smallest absolute Gasteiger partial charge is 0.268 e. The Morgan fingerprint density at radius 2 is 1.82 bits per heavy atom. The van der Waals surface area contributed by atoms with E-state index in [1.807, 2.05) is 19.9 Å². The van der Waals surface area contributed by atoms with Crippen molar-refractivity contribution in [1.29, 1.82) is 0 Å². The van der Waals surface area contributed by atoms with Crippen LogP contribution in [0.3, 0.4) is 0 Å². The summed E-state index contributed by atoms with van der Waals surface area (Å²) in [6.45, 7) is 10.4. The second-order valence-electron chi connectivity index (χ2n) is 7.17. The van der Waals surface area contributed by atoms with Gasteiger partial charge in [-0.15, -0.1) is 0 Å². The number of hydrogen-bond acceptors (Lipinski definition) is 6. The van der Waals surface area contributed by atoms with Gasteiger partial charge in [0, 0.05) is 56.4 Å². The van der Waals surface area contributed by atoms with Gasteiger partial charge < -0.3 is 15.2 Å². The molecule has 1 amide bonds. The molecular weight excluding hydrogens is 356 g/mol. The number of nitrogens with zero attached hydrogens (tertiary/aromatic N) is 4. The third-order valence-electron chi connectivity index (χ3n) is 5.16. The number of aromatic amines is 1. The van der Waals surface area contributed by atoms with Crippen LogP contribution in [0, 0.1) is 13.8 Å². The Kier molecular flexibility index (Phi) is 6.41. The van der Waals surface area contributed by atoms with E-state index in [1.165, 1.54) is 6.92 Å². The number of ketones is 1. The normalized spacial score (nSPS) is 14.9. The minimum absolute atomic E-state index is 0.0228. The number of H-pyrrole nitrogens is 1. The first-order valence-electron chi connectivity index (χ1n) is 9.70. The highest BCUT2D eigenvalue weighted by molar-refractivity contribution is 6.02. The zero-order chi connectivity index (χ0) is 20.1. The molecular formula is C20H28N6O2. The van der Waals surface area contributed by atoms with Crippen LogP contribution < -0.4 is 10.2 Å². The van der Waals surface area contributed by atoms with Gasteiger partial charge in [0.15, 0.2) is 5.78 Å². The van der Waals surface area contributed by atoms with Crippen LogP contribution >= 0.6 is 0 Å². The highest BCUT2D eigenvalue weighted by Crippen LogP contribution is 2.18. The molecule has 8 nitrogen and oxygen atoms in total. The van der Waals surface area contributed by atoms with Gasteiger partial charge in [0.1, 0.15) is 5.69 Å². The van der Waals surface area contributed by atoms with Crippen molar-refractivity contribution >= 4 is 17.6 Å². The molecule has 1 saturated heterocycles. The van der Waals surface area contributed by atoms with Crippen LogP contribution in [0.25, 0.3) is 0 Å². The zero-order valence-corrected chi connectivity index (χ0v) is 16.8. The molecule has 0 spiro atoms. The van der Waals surface area contributed by atoms with E-state index in [4.69, 9.17) is 0 Å². The SMILES string of the molecule is CC(=O)c1c(C)[nH]c(C(=O)NCCCN2CCN(c3ncccn3)CC2)c1C. The first-order valence-corrected chi connectivity index (χ1v) is 9.70. The standard InChI is InChI=1S/C20H28N6O2/c1-14-17(16(3)27)15(2)24-18(14)19(28)21-8-5-9-25-10-12-26(13-11-25)20-22-6-4-7-23-20/h4,6-7,24H,5,8-13H2,1-3H3,(H,21,28). The summed E-state index contributed by atoms with van der Waals surface area (Å²) in [6.07, 6.45) is 4.42. The molecule has 0 saturated carbocycles. The highest BCUT2D eigenvalue weighted by Gasteiger charge is 2.20. The van der Waals surface area contributed by atoms with Crippen LogP contribution in [0.5, 0.6) is 0 Å². The lowest BCUT2D eigenvalue weighted by Gasteiger charge is -2.34. The molecule has 0 unspecified atom stereocenters. The van der Waals surface area contributed by atoms with Crippen molar-refractivity contribution in [2.75, 3.05) is 44.2 Å². The molecule has 150 valence electrons. The number of Topliss-reactive ketones (excluding diaryl/α,β-unsaturated/α-hetero) is 1. The molecule has 2 N–H and O–H groups in total. The largest absolute Gasteiger partial charge is 0.354 e. The lowest BCUT2D eigenvalue weighted by atomic mass is 10.1. The van der Waals surface area contributed by atoms with Crippen molar-refractivity contribution in [2.45, 2.75) is 27.2 Å². The second kappa shape index (κ2) is 8.97. The van der Waals surface area contributed by atoms with Crippen molar-refractivity contribution in [3.8, 4) is 0 Å². The van der Waals surface area contributed by atoms with E-state index in [0.29, 0.717) is 17.8 Å². The summed E-state index contributed by atoms with van der Waals surface area (Å²) in [5, 5.41) is 2.95. The Balaban J connectivity index is 1.40. The molecule has 2 aromatic heterocycles. The molecule has 1 aliphatic rings. The van der Waals surface area contributed by atoms with E-state index in [-0.39, 0.29) is 11.7 Å². The van der Waals surface area contributed by atoms with Crippen LogP contribution in [-0.2, 0) is 0 Å². The number of nitrogens with one attached hydrogen (secondary N) is 2. The molecule has 0 aliphatic carbocycles. The zero-order valence-electron chi connectivity index (χ0n) is 16.8. The van der Waals surface area contributed by atoms with Crippen LogP contribution in [0.1, 0.15) is 45.4 Å². The van der Waals surface area contributed by atoms with Gasteiger partial charge in [-0.3, -0.25) is 14.5 Å². The Bertz CT molecular complexity index is 825. The summed E-state index contributed by atoms with van der Waals surface area (Å²) in [7, 11) is 0. The van der Waals surface area contributed by atoms with Crippen LogP contribution in [0.15, 0.2) is 18.5 Å². The highest BCUT2D eigenvalue weighted by atomic mass is 16.2. The maximum absolute atomic E-state index is 12.4. The first kappa shape index (κ1) is 20.0. The van der Waals surface area contributed by atoms with Crippen LogP contribution in [0.2, 0.25) is 0 Å². The number of amides is 1. The average Bonchev–Trinajstić information content (AvgIpc) is 3.00. The number of carbonyl (C=O) groups excluding carboxylic acids is 2. The van der Waals surface area contributed by atoms with Crippen LogP contribution in [0.4, 0.5) is 5.95 Å². The van der Waals surface area contributed by atoms with Crippen LogP contribution in [-0.4, -0.2) is 70.8 Å². The number of anilines is 1. The lowest BCUT2D eigenvalue weighted by Crippen LogP contribution is -2.47. The Morgan fingerprint density at radius 3 is 2.43 bits per heavy atom. The van der Waals surface area contributed by atoms with E-state index in [9.17, 15) is 9.59 Å². The number of aromatic nitrogens is 3. The fraction of sp³-hybridized carbons (Fsp3) is 0.500. The van der Waals surface area contributed by atoms with Gasteiger partial charge >= 0.3 is 0 Å². The van der Waals surface area contributed by atoms with Crippen molar-refractivity contribution in [1.82, 2.24) is 25.2 Å². The summed E-state index contributed by atoms with van der Waals surface area (Å²) in [5.41, 5.74) is 2.57. The minimum atomic E-state index is -0.154. The summed E-state index contributed by atoms with van der Waals surface area (Å²) < 4.78 is 0. The predicted octanol–water partition coefficient (Wildman–Crippen LogP) is 1.57. The quantitative estimate of drug-likeness (QED) is 0.556. The van der Waals surface area contributed by atoms with E-state index >= 15 is 0 Å². The van der Waals surface area contributed by atoms with E-state index < -0.39 is 0 Å². The number of carbonyl (C=O) groups is 2. The third-order valence-corrected chi connectivity index (χ3v) is 5.16. The molecule has 3 heterocycles. The third kappa shape index (κ3) is 4.56. The number of hydrogen-bond donors (Lipinski definition) is 2. The summed E-state index contributed by atoms with van der Waals surface area (Å²) >= 11 is 0. The van der Waals surface area contributed by atoms with Gasteiger partial charge in [0.25, 0.3) is 5.91 Å². The van der Waals surface area contributed by atoms with Gasteiger partial charge in [0.2, 0.25) is 5.95 Å². The predicted molar refractivity (Wildman–Crippen MR) is 108 cm³/mol. The Hall–Kier alpha value is -2.74. The van der Waals surface area contributed by atoms with Gasteiger partial charge in [-0.1, -0.05) is 0 Å².